The maximum Gasteiger partial charge on any atom is 0.238 e. The minimum absolute atomic E-state index is 0.0158. The van der Waals surface area contributed by atoms with Crippen molar-refractivity contribution >= 4 is 35.0 Å². The number of amides is 2. The van der Waals surface area contributed by atoms with Gasteiger partial charge in [-0.25, -0.2) is 0 Å². The first-order valence-electron chi connectivity index (χ1n) is 5.63. The molecule has 0 saturated heterocycles. The Labute approximate surface area is 112 Å². The molecule has 4 nitrogen and oxygen atoms in total. The third-order valence-electron chi connectivity index (χ3n) is 1.84. The quantitative estimate of drug-likeness (QED) is 0.728. The van der Waals surface area contributed by atoms with Crippen LogP contribution in [0.4, 0.5) is 0 Å². The molecule has 0 heterocycles. The van der Waals surface area contributed by atoms with Crippen LogP contribution >= 0.6 is 23.2 Å². The highest BCUT2D eigenvalue weighted by atomic mass is 35.5. The van der Waals surface area contributed by atoms with Gasteiger partial charge in [-0.3, -0.25) is 9.59 Å². The Morgan fingerprint density at radius 3 is 1.41 bits per heavy atom. The number of halogens is 2. The lowest BCUT2D eigenvalue weighted by molar-refractivity contribution is -0.122. The number of carbonyl (C=O) groups is 2. The van der Waals surface area contributed by atoms with Crippen LogP contribution in [0.5, 0.6) is 0 Å². The number of carbonyl (C=O) groups excluding carboxylic acids is 2. The second-order valence-electron chi connectivity index (χ2n) is 4.50. The van der Waals surface area contributed by atoms with E-state index in [1.165, 1.54) is 0 Å². The Morgan fingerprint density at radius 2 is 1.18 bits per heavy atom. The largest absolute Gasteiger partial charge is 0.353 e. The van der Waals surface area contributed by atoms with Crippen molar-refractivity contribution < 1.29 is 9.59 Å². The molecule has 100 valence electrons. The molecular formula is C11H20Cl2N2O2. The molecule has 0 bridgehead atoms. The van der Waals surface area contributed by atoms with Crippen molar-refractivity contribution in [2.75, 3.05) is 0 Å². The molecule has 0 aliphatic heterocycles. The molecule has 17 heavy (non-hydrogen) atoms. The first-order chi connectivity index (χ1) is 7.73. The number of hydrogen-bond acceptors (Lipinski definition) is 2. The zero-order valence-corrected chi connectivity index (χ0v) is 12.1. The molecule has 6 heteroatoms. The number of hydrogen-bond donors (Lipinski definition) is 2. The molecule has 0 aliphatic carbocycles. The maximum absolute atomic E-state index is 11.5. The predicted molar refractivity (Wildman–Crippen MR) is 70.5 cm³/mol. The molecule has 0 saturated carbocycles. The Kier molecular flexibility index (Phi) is 7.55. The van der Waals surface area contributed by atoms with Crippen LogP contribution in [0.1, 0.15) is 34.1 Å². The van der Waals surface area contributed by atoms with Gasteiger partial charge >= 0.3 is 0 Å². The van der Waals surface area contributed by atoms with Gasteiger partial charge in [0.15, 0.2) is 0 Å². The highest BCUT2D eigenvalue weighted by molar-refractivity contribution is 6.34. The van der Waals surface area contributed by atoms with E-state index in [2.05, 4.69) is 10.6 Å². The molecule has 0 spiro atoms. The molecule has 0 aliphatic rings. The van der Waals surface area contributed by atoms with E-state index in [4.69, 9.17) is 23.2 Å². The van der Waals surface area contributed by atoms with E-state index in [-0.39, 0.29) is 30.3 Å². The minimum atomic E-state index is -0.794. The van der Waals surface area contributed by atoms with Crippen molar-refractivity contribution in [2.24, 2.45) is 0 Å². The molecule has 0 fully saturated rings. The lowest BCUT2D eigenvalue weighted by atomic mass is 10.2. The molecule has 0 radical (unpaired) electrons. The highest BCUT2D eigenvalue weighted by Gasteiger charge is 2.24. The maximum atomic E-state index is 11.5. The fraction of sp³-hybridized carbons (Fsp3) is 0.818. The summed E-state index contributed by atoms with van der Waals surface area (Å²) in [6, 6.07) is 0.0315. The summed E-state index contributed by atoms with van der Waals surface area (Å²) in [5.74, 6) is -0.602. The van der Waals surface area contributed by atoms with E-state index in [0.29, 0.717) is 0 Å². The monoisotopic (exact) mass is 282 g/mol. The fourth-order valence-electron chi connectivity index (χ4n) is 1.15. The van der Waals surface area contributed by atoms with Gasteiger partial charge < -0.3 is 10.6 Å². The van der Waals surface area contributed by atoms with Gasteiger partial charge in [0.1, 0.15) is 10.8 Å². The molecule has 0 aromatic carbocycles. The lowest BCUT2D eigenvalue weighted by Gasteiger charge is -2.16. The normalized spacial score (nSPS) is 14.6. The van der Waals surface area contributed by atoms with Gasteiger partial charge in [-0.15, -0.1) is 23.2 Å². The van der Waals surface area contributed by atoms with Gasteiger partial charge in [-0.1, -0.05) is 0 Å². The fourth-order valence-corrected chi connectivity index (χ4v) is 1.72. The van der Waals surface area contributed by atoms with E-state index in [9.17, 15) is 9.59 Å². The van der Waals surface area contributed by atoms with Crippen molar-refractivity contribution in [2.45, 2.75) is 57.0 Å². The Balaban J connectivity index is 4.14. The van der Waals surface area contributed by atoms with Crippen molar-refractivity contribution in [3.63, 3.8) is 0 Å². The second kappa shape index (κ2) is 7.77. The summed E-state index contributed by atoms with van der Waals surface area (Å²) in [5, 5.41) is 3.75. The molecule has 2 atom stereocenters. The number of nitrogens with one attached hydrogen (secondary N) is 2. The summed E-state index contributed by atoms with van der Waals surface area (Å²) in [6.07, 6.45) is 0.111. The standard InChI is InChI=1S/C11H20Cl2N2O2/c1-6(2)14-10(16)8(12)5-9(13)11(17)15-7(3)4/h6-9H,5H2,1-4H3,(H,14,16)(H,15,17). The summed E-state index contributed by atoms with van der Waals surface area (Å²) in [7, 11) is 0. The van der Waals surface area contributed by atoms with Crippen LogP contribution in [-0.4, -0.2) is 34.7 Å². The molecule has 2 amide bonds. The van der Waals surface area contributed by atoms with Gasteiger partial charge in [0.2, 0.25) is 11.8 Å². The van der Waals surface area contributed by atoms with Gasteiger partial charge in [0.05, 0.1) is 0 Å². The van der Waals surface area contributed by atoms with Gasteiger partial charge in [-0.05, 0) is 34.1 Å². The average Bonchev–Trinajstić information content (AvgIpc) is 2.15. The van der Waals surface area contributed by atoms with Crippen molar-refractivity contribution in [3.8, 4) is 0 Å². The summed E-state index contributed by atoms with van der Waals surface area (Å²) < 4.78 is 0. The van der Waals surface area contributed by atoms with Gasteiger partial charge in [0, 0.05) is 12.1 Å². The molecule has 2 N–H and O–H groups in total. The van der Waals surface area contributed by atoms with Gasteiger partial charge in [0.25, 0.3) is 0 Å². The zero-order chi connectivity index (χ0) is 13.6. The molecular weight excluding hydrogens is 263 g/mol. The van der Waals surface area contributed by atoms with E-state index in [1.54, 1.807) is 0 Å². The van der Waals surface area contributed by atoms with Gasteiger partial charge in [-0.2, -0.15) is 0 Å². The minimum Gasteiger partial charge on any atom is -0.353 e. The average molecular weight is 283 g/mol. The molecule has 0 rings (SSSR count). The summed E-state index contributed by atoms with van der Waals surface area (Å²) >= 11 is 11.7. The lowest BCUT2D eigenvalue weighted by Crippen LogP contribution is -2.41. The number of rotatable bonds is 6. The van der Waals surface area contributed by atoms with Crippen LogP contribution in [0.15, 0.2) is 0 Å². The Morgan fingerprint density at radius 1 is 0.882 bits per heavy atom. The van der Waals surface area contributed by atoms with E-state index in [1.807, 2.05) is 27.7 Å². The first-order valence-corrected chi connectivity index (χ1v) is 6.50. The third-order valence-corrected chi connectivity index (χ3v) is 2.60. The topological polar surface area (TPSA) is 58.2 Å². The Bertz CT molecular complexity index is 244. The molecule has 0 aromatic rings. The van der Waals surface area contributed by atoms with E-state index < -0.39 is 10.8 Å². The van der Waals surface area contributed by atoms with Crippen LogP contribution < -0.4 is 10.6 Å². The van der Waals surface area contributed by atoms with Crippen LogP contribution in [0.2, 0.25) is 0 Å². The SMILES string of the molecule is CC(C)NC(=O)C(Cl)CC(Cl)C(=O)NC(C)C. The second-order valence-corrected chi connectivity index (χ2v) is 5.55. The van der Waals surface area contributed by atoms with Crippen molar-refractivity contribution in [1.29, 1.82) is 0 Å². The Hall–Kier alpha value is -0.480. The van der Waals surface area contributed by atoms with Crippen LogP contribution in [0.25, 0.3) is 0 Å². The summed E-state index contributed by atoms with van der Waals surface area (Å²) in [4.78, 5) is 23.0. The number of alkyl halides is 2. The van der Waals surface area contributed by atoms with Crippen LogP contribution in [0, 0.1) is 0 Å². The zero-order valence-electron chi connectivity index (χ0n) is 10.6. The highest BCUT2D eigenvalue weighted by Crippen LogP contribution is 2.12. The van der Waals surface area contributed by atoms with E-state index >= 15 is 0 Å². The first kappa shape index (κ1) is 16.5. The summed E-state index contributed by atoms with van der Waals surface area (Å²) in [6.45, 7) is 7.35. The van der Waals surface area contributed by atoms with Crippen molar-refractivity contribution in [3.05, 3.63) is 0 Å². The van der Waals surface area contributed by atoms with Crippen LogP contribution in [0.3, 0.4) is 0 Å². The smallest absolute Gasteiger partial charge is 0.238 e. The molecule has 0 aromatic heterocycles. The predicted octanol–water partition coefficient (Wildman–Crippen LogP) is 1.64. The van der Waals surface area contributed by atoms with Crippen molar-refractivity contribution in [1.82, 2.24) is 10.6 Å². The molecule has 2 unspecified atom stereocenters. The van der Waals surface area contributed by atoms with Crippen LogP contribution in [-0.2, 0) is 9.59 Å². The van der Waals surface area contributed by atoms with E-state index in [0.717, 1.165) is 0 Å². The third kappa shape index (κ3) is 7.45. The summed E-state index contributed by atoms with van der Waals surface area (Å²) in [5.41, 5.74) is 0.